The highest BCUT2D eigenvalue weighted by molar-refractivity contribution is 5.40. The first-order valence-corrected chi connectivity index (χ1v) is 5.08. The second-order valence-electron chi connectivity index (χ2n) is 3.80. The predicted molar refractivity (Wildman–Crippen MR) is 55.4 cm³/mol. The Labute approximate surface area is 88.9 Å². The van der Waals surface area contributed by atoms with E-state index in [0.29, 0.717) is 5.75 Å². The molecule has 1 aliphatic carbocycles. The second kappa shape index (κ2) is 3.92. The van der Waals surface area contributed by atoms with Crippen LogP contribution in [0, 0.1) is 11.3 Å². The lowest BCUT2D eigenvalue weighted by Gasteiger charge is -2.09. The summed E-state index contributed by atoms with van der Waals surface area (Å²) >= 11 is 0. The van der Waals surface area contributed by atoms with E-state index in [9.17, 15) is 5.11 Å². The maximum absolute atomic E-state index is 9.61. The highest BCUT2D eigenvalue weighted by Gasteiger charge is 2.20. The van der Waals surface area contributed by atoms with E-state index in [1.54, 1.807) is 13.0 Å². The third kappa shape index (κ3) is 1.95. The van der Waals surface area contributed by atoms with E-state index in [1.165, 1.54) is 0 Å². The van der Waals surface area contributed by atoms with E-state index in [2.05, 4.69) is 0 Å². The fourth-order valence-electron chi connectivity index (χ4n) is 1.88. The van der Waals surface area contributed by atoms with E-state index >= 15 is 0 Å². The average Bonchev–Trinajstić information content (AvgIpc) is 2.60. The van der Waals surface area contributed by atoms with Crippen LogP contribution >= 0.6 is 0 Å². The zero-order chi connectivity index (χ0) is 10.8. The van der Waals surface area contributed by atoms with E-state index in [1.807, 2.05) is 18.2 Å². The Bertz CT molecular complexity index is 409. The van der Waals surface area contributed by atoms with Gasteiger partial charge in [-0.2, -0.15) is 5.26 Å². The van der Waals surface area contributed by atoms with Gasteiger partial charge in [0.25, 0.3) is 0 Å². The van der Waals surface area contributed by atoms with Gasteiger partial charge in [0, 0.05) is 0 Å². The van der Waals surface area contributed by atoms with Gasteiger partial charge in [0.2, 0.25) is 0 Å². The zero-order valence-electron chi connectivity index (χ0n) is 8.60. The molecule has 15 heavy (non-hydrogen) atoms. The van der Waals surface area contributed by atoms with E-state index in [4.69, 9.17) is 10.00 Å². The molecule has 0 aliphatic heterocycles. The van der Waals surface area contributed by atoms with Crippen LogP contribution in [0.4, 0.5) is 0 Å². The fourth-order valence-corrected chi connectivity index (χ4v) is 1.88. The summed E-state index contributed by atoms with van der Waals surface area (Å²) in [5.41, 5.74) is 2.12. The first-order chi connectivity index (χ1) is 7.20. The Hall–Kier alpha value is -1.53. The molecule has 0 amide bonds. The van der Waals surface area contributed by atoms with Gasteiger partial charge >= 0.3 is 0 Å². The number of nitrogens with zero attached hydrogens (tertiary/aromatic N) is 1. The number of fused-ring (bicyclic) bond motifs is 1. The molecule has 0 saturated heterocycles. The lowest BCUT2D eigenvalue weighted by atomic mass is 10.1. The zero-order valence-corrected chi connectivity index (χ0v) is 8.60. The highest BCUT2D eigenvalue weighted by Crippen LogP contribution is 2.33. The third-order valence-corrected chi connectivity index (χ3v) is 2.66. The molecule has 0 saturated carbocycles. The molecule has 3 heteroatoms. The largest absolute Gasteiger partial charge is 0.476 e. The molecule has 2 atom stereocenters. The molecule has 1 aliphatic rings. The minimum atomic E-state index is -0.436. The van der Waals surface area contributed by atoms with Gasteiger partial charge in [0.05, 0.1) is 6.10 Å². The van der Waals surface area contributed by atoms with Gasteiger partial charge < -0.3 is 9.84 Å². The van der Waals surface area contributed by atoms with Crippen LogP contribution < -0.4 is 4.74 Å². The number of hydrogen-bond donors (Lipinski definition) is 1. The molecule has 1 aromatic carbocycles. The van der Waals surface area contributed by atoms with Crippen molar-refractivity contribution in [3.63, 3.8) is 0 Å². The smallest absolute Gasteiger partial charge is 0.181 e. The summed E-state index contributed by atoms with van der Waals surface area (Å²) in [5, 5.41) is 18.2. The quantitative estimate of drug-likeness (QED) is 0.799. The summed E-state index contributed by atoms with van der Waals surface area (Å²) in [5.74, 6) is 0.705. The molecule has 2 rings (SSSR count). The summed E-state index contributed by atoms with van der Waals surface area (Å²) in [6.45, 7) is 1.71. The first kappa shape index (κ1) is 10.0. The van der Waals surface area contributed by atoms with Crippen molar-refractivity contribution < 1.29 is 9.84 Å². The average molecular weight is 203 g/mol. The molecular formula is C12H13NO2. The molecule has 0 aromatic heterocycles. The van der Waals surface area contributed by atoms with Gasteiger partial charge in [-0.25, -0.2) is 0 Å². The molecule has 78 valence electrons. The van der Waals surface area contributed by atoms with Crippen LogP contribution in [-0.2, 0) is 6.42 Å². The summed E-state index contributed by atoms with van der Waals surface area (Å²) < 4.78 is 5.38. The van der Waals surface area contributed by atoms with Crippen molar-refractivity contribution in [1.82, 2.24) is 0 Å². The maximum atomic E-state index is 9.61. The highest BCUT2D eigenvalue weighted by atomic mass is 16.5. The molecule has 1 unspecified atom stereocenters. The van der Waals surface area contributed by atoms with Gasteiger partial charge in [-0.15, -0.1) is 0 Å². The van der Waals surface area contributed by atoms with Crippen LogP contribution in [0.1, 0.15) is 30.6 Å². The van der Waals surface area contributed by atoms with Crippen molar-refractivity contribution in [1.29, 1.82) is 5.26 Å². The summed E-state index contributed by atoms with van der Waals surface area (Å²) in [7, 11) is 0. The Morgan fingerprint density at radius 2 is 2.40 bits per heavy atom. The number of rotatable bonds is 2. The Morgan fingerprint density at radius 3 is 3.13 bits per heavy atom. The Balaban J connectivity index is 2.20. The van der Waals surface area contributed by atoms with Crippen LogP contribution in [0.15, 0.2) is 18.2 Å². The minimum absolute atomic E-state index is 0.331. The molecule has 0 radical (unpaired) electrons. The van der Waals surface area contributed by atoms with Crippen LogP contribution in [0.3, 0.4) is 0 Å². The summed E-state index contributed by atoms with van der Waals surface area (Å²) in [6.07, 6.45) is 0.901. The molecule has 1 aromatic rings. The van der Waals surface area contributed by atoms with E-state index in [-0.39, 0.29) is 6.10 Å². The number of hydrogen-bond acceptors (Lipinski definition) is 3. The molecule has 0 heterocycles. The lowest BCUT2D eigenvalue weighted by Crippen LogP contribution is -2.08. The van der Waals surface area contributed by atoms with Crippen LogP contribution in [0.25, 0.3) is 0 Å². The normalized spacial score (nSPS) is 20.5. The summed E-state index contributed by atoms with van der Waals surface area (Å²) in [6, 6.07) is 7.62. The number of aliphatic hydroxyl groups is 1. The minimum Gasteiger partial charge on any atom is -0.476 e. The third-order valence-electron chi connectivity index (χ3n) is 2.66. The number of aliphatic hydroxyl groups excluding tert-OH is 1. The van der Waals surface area contributed by atoms with Crippen LogP contribution in [0.5, 0.6) is 5.75 Å². The van der Waals surface area contributed by atoms with Crippen LogP contribution in [0.2, 0.25) is 0 Å². The van der Waals surface area contributed by atoms with Gasteiger partial charge in [0.1, 0.15) is 11.8 Å². The molecule has 1 N–H and O–H groups in total. The van der Waals surface area contributed by atoms with E-state index in [0.717, 1.165) is 24.0 Å². The van der Waals surface area contributed by atoms with Crippen molar-refractivity contribution in [3.8, 4) is 11.8 Å². The molecule has 3 nitrogen and oxygen atoms in total. The van der Waals surface area contributed by atoms with Gasteiger partial charge in [0.15, 0.2) is 6.10 Å². The first-order valence-electron chi connectivity index (χ1n) is 5.08. The van der Waals surface area contributed by atoms with Gasteiger partial charge in [-0.05, 0) is 43.0 Å². The summed E-state index contributed by atoms with van der Waals surface area (Å²) in [4.78, 5) is 0. The Morgan fingerprint density at radius 1 is 1.60 bits per heavy atom. The monoisotopic (exact) mass is 203 g/mol. The lowest BCUT2D eigenvalue weighted by molar-refractivity contribution is 0.180. The molecule has 0 bridgehead atoms. The van der Waals surface area contributed by atoms with Gasteiger partial charge in [-0.1, -0.05) is 6.07 Å². The maximum Gasteiger partial charge on any atom is 0.181 e. The van der Waals surface area contributed by atoms with Crippen molar-refractivity contribution in [2.24, 2.45) is 0 Å². The van der Waals surface area contributed by atoms with E-state index < -0.39 is 6.10 Å². The number of benzene rings is 1. The number of aryl methyl sites for hydroxylation is 1. The van der Waals surface area contributed by atoms with Crippen LogP contribution in [-0.4, -0.2) is 11.2 Å². The second-order valence-corrected chi connectivity index (χ2v) is 3.80. The molecule has 0 spiro atoms. The number of nitriles is 1. The standard InChI is InChI=1S/C12H13NO2/c1-8(7-13)15-10-3-4-11-9(6-10)2-5-12(11)14/h3-4,6,8,12,14H,2,5H2,1H3/t8?,12-/m1/s1. The molecule has 0 fully saturated rings. The SMILES string of the molecule is CC(C#N)Oc1ccc2c(c1)CC[C@H]2O. The van der Waals surface area contributed by atoms with Crippen molar-refractivity contribution >= 4 is 0 Å². The van der Waals surface area contributed by atoms with Crippen molar-refractivity contribution in [2.75, 3.05) is 0 Å². The Kier molecular flexibility index (Phi) is 2.61. The topological polar surface area (TPSA) is 53.2 Å². The molecular weight excluding hydrogens is 190 g/mol. The fraction of sp³-hybridized carbons (Fsp3) is 0.417. The van der Waals surface area contributed by atoms with Crippen molar-refractivity contribution in [3.05, 3.63) is 29.3 Å². The predicted octanol–water partition coefficient (Wildman–Crippen LogP) is 1.96. The van der Waals surface area contributed by atoms with Gasteiger partial charge in [-0.3, -0.25) is 0 Å². The number of ether oxygens (including phenoxy) is 1. The van der Waals surface area contributed by atoms with Crippen molar-refractivity contribution in [2.45, 2.75) is 32.0 Å².